The van der Waals surface area contributed by atoms with Crippen molar-refractivity contribution in [2.24, 2.45) is 5.92 Å². The van der Waals surface area contributed by atoms with Crippen LogP contribution in [0.5, 0.6) is 0 Å². The molecule has 0 aliphatic carbocycles. The average Bonchev–Trinajstić information content (AvgIpc) is 1.97. The zero-order chi connectivity index (χ0) is 8.69. The molecule has 0 radical (unpaired) electrons. The third kappa shape index (κ3) is 5.25. The monoisotopic (exact) mass is 157 g/mol. The van der Waals surface area contributed by atoms with E-state index in [1.165, 1.54) is 25.8 Å². The highest BCUT2D eigenvalue weighted by Gasteiger charge is 2.08. The summed E-state index contributed by atoms with van der Waals surface area (Å²) in [4.78, 5) is 0. The fourth-order valence-electron chi connectivity index (χ4n) is 1.32. The van der Waals surface area contributed by atoms with Crippen molar-refractivity contribution in [3.8, 4) is 0 Å². The van der Waals surface area contributed by atoms with Crippen molar-refractivity contribution in [3.05, 3.63) is 0 Å². The summed E-state index contributed by atoms with van der Waals surface area (Å²) in [5.74, 6) is 0.775. The third-order valence-electron chi connectivity index (χ3n) is 2.18. The Balaban J connectivity index is 3.36. The molecule has 0 saturated heterocycles. The first-order valence-electron chi connectivity index (χ1n) is 4.95. The number of nitrogens with one attached hydrogen (secondary N) is 1. The van der Waals surface area contributed by atoms with Gasteiger partial charge in [-0.1, -0.05) is 34.1 Å². The molecule has 0 aromatic heterocycles. The molecule has 0 amide bonds. The first kappa shape index (κ1) is 11.0. The molecule has 68 valence electrons. The summed E-state index contributed by atoms with van der Waals surface area (Å²) in [6.07, 6.45) is 3.85. The van der Waals surface area contributed by atoms with Gasteiger partial charge < -0.3 is 5.32 Å². The van der Waals surface area contributed by atoms with Gasteiger partial charge in [0.05, 0.1) is 0 Å². The first-order chi connectivity index (χ1) is 5.22. The van der Waals surface area contributed by atoms with Crippen LogP contribution in [0.3, 0.4) is 0 Å². The van der Waals surface area contributed by atoms with Gasteiger partial charge in [0.2, 0.25) is 0 Å². The summed E-state index contributed by atoms with van der Waals surface area (Å²) >= 11 is 0. The molecule has 0 aromatic rings. The van der Waals surface area contributed by atoms with Crippen molar-refractivity contribution in [2.45, 2.75) is 53.0 Å². The molecule has 0 bridgehead atoms. The van der Waals surface area contributed by atoms with Crippen LogP contribution in [0.4, 0.5) is 0 Å². The van der Waals surface area contributed by atoms with Crippen LogP contribution in [0.15, 0.2) is 0 Å². The summed E-state index contributed by atoms with van der Waals surface area (Å²) < 4.78 is 0. The minimum Gasteiger partial charge on any atom is -0.314 e. The van der Waals surface area contributed by atoms with Gasteiger partial charge in [-0.15, -0.1) is 0 Å². The van der Waals surface area contributed by atoms with Crippen molar-refractivity contribution in [3.63, 3.8) is 0 Å². The lowest BCUT2D eigenvalue weighted by molar-refractivity contribution is 0.386. The fourth-order valence-corrected chi connectivity index (χ4v) is 1.32. The molecule has 1 nitrogen and oxygen atoms in total. The van der Waals surface area contributed by atoms with E-state index in [9.17, 15) is 0 Å². The van der Waals surface area contributed by atoms with Crippen LogP contribution in [-0.2, 0) is 0 Å². The Labute approximate surface area is 71.6 Å². The highest BCUT2D eigenvalue weighted by molar-refractivity contribution is 4.67. The average molecular weight is 157 g/mol. The standard InChI is InChI=1S/C10H23N/c1-5-7-8-11-10(6-2)9(3)4/h9-11H,5-8H2,1-4H3. The normalized spacial score (nSPS) is 13.9. The number of hydrogen-bond donors (Lipinski definition) is 1. The Bertz CT molecular complexity index is 78.9. The van der Waals surface area contributed by atoms with Crippen molar-refractivity contribution >= 4 is 0 Å². The van der Waals surface area contributed by atoms with E-state index in [-0.39, 0.29) is 0 Å². The summed E-state index contributed by atoms with van der Waals surface area (Å²) in [5.41, 5.74) is 0. The van der Waals surface area contributed by atoms with Crippen LogP contribution in [-0.4, -0.2) is 12.6 Å². The van der Waals surface area contributed by atoms with Gasteiger partial charge in [-0.05, 0) is 25.3 Å². The largest absolute Gasteiger partial charge is 0.314 e. The molecular weight excluding hydrogens is 134 g/mol. The van der Waals surface area contributed by atoms with Gasteiger partial charge in [0.1, 0.15) is 0 Å². The predicted molar refractivity (Wildman–Crippen MR) is 51.8 cm³/mol. The summed E-state index contributed by atoms with van der Waals surface area (Å²) in [7, 11) is 0. The van der Waals surface area contributed by atoms with Crippen LogP contribution < -0.4 is 5.32 Å². The molecule has 0 saturated carbocycles. The zero-order valence-electron chi connectivity index (χ0n) is 8.48. The Morgan fingerprint density at radius 2 is 1.82 bits per heavy atom. The molecule has 0 spiro atoms. The molecular formula is C10H23N. The number of hydrogen-bond acceptors (Lipinski definition) is 1. The molecule has 11 heavy (non-hydrogen) atoms. The topological polar surface area (TPSA) is 12.0 Å². The van der Waals surface area contributed by atoms with Gasteiger partial charge in [0.15, 0.2) is 0 Å². The molecule has 0 aliphatic heterocycles. The molecule has 0 aliphatic rings. The van der Waals surface area contributed by atoms with Gasteiger partial charge in [0, 0.05) is 6.04 Å². The highest BCUT2D eigenvalue weighted by atomic mass is 14.9. The SMILES string of the molecule is CCCCNC(CC)C(C)C. The Kier molecular flexibility index (Phi) is 6.63. The van der Waals surface area contributed by atoms with E-state index in [0.29, 0.717) is 0 Å². The lowest BCUT2D eigenvalue weighted by Gasteiger charge is -2.20. The van der Waals surface area contributed by atoms with Crippen molar-refractivity contribution in [1.29, 1.82) is 0 Å². The minimum absolute atomic E-state index is 0.724. The van der Waals surface area contributed by atoms with Crippen LogP contribution >= 0.6 is 0 Å². The van der Waals surface area contributed by atoms with E-state index in [0.717, 1.165) is 12.0 Å². The van der Waals surface area contributed by atoms with Gasteiger partial charge in [-0.2, -0.15) is 0 Å². The molecule has 1 atom stereocenters. The minimum atomic E-state index is 0.724. The molecule has 1 unspecified atom stereocenters. The van der Waals surface area contributed by atoms with Crippen LogP contribution in [0, 0.1) is 5.92 Å². The zero-order valence-corrected chi connectivity index (χ0v) is 8.48. The smallest absolute Gasteiger partial charge is 0.00874 e. The van der Waals surface area contributed by atoms with E-state index in [2.05, 4.69) is 33.0 Å². The van der Waals surface area contributed by atoms with E-state index in [4.69, 9.17) is 0 Å². The molecule has 0 heterocycles. The maximum atomic E-state index is 3.57. The lowest BCUT2D eigenvalue weighted by atomic mass is 10.0. The molecule has 0 fully saturated rings. The second-order valence-corrected chi connectivity index (χ2v) is 3.57. The van der Waals surface area contributed by atoms with Gasteiger partial charge in [-0.3, -0.25) is 0 Å². The second-order valence-electron chi connectivity index (χ2n) is 3.57. The third-order valence-corrected chi connectivity index (χ3v) is 2.18. The Morgan fingerprint density at radius 3 is 2.18 bits per heavy atom. The summed E-state index contributed by atoms with van der Waals surface area (Å²) in [6, 6.07) is 0.724. The second kappa shape index (κ2) is 6.66. The summed E-state index contributed by atoms with van der Waals surface area (Å²) in [6.45, 7) is 10.2. The summed E-state index contributed by atoms with van der Waals surface area (Å²) in [5, 5.41) is 3.57. The maximum Gasteiger partial charge on any atom is 0.00874 e. The lowest BCUT2D eigenvalue weighted by Crippen LogP contribution is -2.33. The van der Waals surface area contributed by atoms with E-state index in [1.807, 2.05) is 0 Å². The van der Waals surface area contributed by atoms with Crippen LogP contribution in [0.2, 0.25) is 0 Å². The predicted octanol–water partition coefficient (Wildman–Crippen LogP) is 2.81. The van der Waals surface area contributed by atoms with E-state index < -0.39 is 0 Å². The van der Waals surface area contributed by atoms with Crippen LogP contribution in [0.25, 0.3) is 0 Å². The van der Waals surface area contributed by atoms with Crippen molar-refractivity contribution in [1.82, 2.24) is 5.32 Å². The molecule has 0 aromatic carbocycles. The first-order valence-corrected chi connectivity index (χ1v) is 4.95. The number of unbranched alkanes of at least 4 members (excludes halogenated alkanes) is 1. The number of rotatable bonds is 6. The van der Waals surface area contributed by atoms with E-state index in [1.54, 1.807) is 0 Å². The Hall–Kier alpha value is -0.0400. The van der Waals surface area contributed by atoms with Crippen molar-refractivity contribution < 1.29 is 0 Å². The molecule has 0 rings (SSSR count). The van der Waals surface area contributed by atoms with Gasteiger partial charge in [0.25, 0.3) is 0 Å². The van der Waals surface area contributed by atoms with Gasteiger partial charge >= 0.3 is 0 Å². The maximum absolute atomic E-state index is 3.57. The Morgan fingerprint density at radius 1 is 1.18 bits per heavy atom. The van der Waals surface area contributed by atoms with Gasteiger partial charge in [-0.25, -0.2) is 0 Å². The molecule has 1 heteroatoms. The van der Waals surface area contributed by atoms with Crippen LogP contribution in [0.1, 0.15) is 47.0 Å². The van der Waals surface area contributed by atoms with Crippen molar-refractivity contribution in [2.75, 3.05) is 6.54 Å². The highest BCUT2D eigenvalue weighted by Crippen LogP contribution is 2.04. The molecule has 1 N–H and O–H groups in total. The quantitative estimate of drug-likeness (QED) is 0.585. The van der Waals surface area contributed by atoms with E-state index >= 15 is 0 Å². The fraction of sp³-hybridized carbons (Fsp3) is 1.00.